The van der Waals surface area contributed by atoms with Gasteiger partial charge in [0.2, 0.25) is 5.91 Å². The number of carbonyl (C=O) groups is 1. The number of carbonyl (C=O) groups excluding carboxylic acids is 1. The molecule has 0 fully saturated rings. The molecule has 0 radical (unpaired) electrons. The average molecular weight is 162 g/mol. The molecule has 2 N–H and O–H groups in total. The van der Waals surface area contributed by atoms with Crippen LogP contribution in [0.25, 0.3) is 0 Å². The van der Waals surface area contributed by atoms with Crippen molar-refractivity contribution in [2.24, 2.45) is 5.73 Å². The van der Waals surface area contributed by atoms with E-state index in [1.54, 1.807) is 18.3 Å². The third-order valence-corrected chi connectivity index (χ3v) is 0.946. The van der Waals surface area contributed by atoms with Crippen LogP contribution in [0.2, 0.25) is 0 Å². The third-order valence-electron chi connectivity index (χ3n) is 0.946. The van der Waals surface area contributed by atoms with Gasteiger partial charge in [0.1, 0.15) is 0 Å². The zero-order valence-electron chi connectivity index (χ0n) is 6.74. The van der Waals surface area contributed by atoms with Crippen molar-refractivity contribution in [3.63, 3.8) is 0 Å². The van der Waals surface area contributed by atoms with Crippen molar-refractivity contribution in [1.29, 1.82) is 0 Å². The largest absolute Gasteiger partial charge is 1.00 e. The van der Waals surface area contributed by atoms with E-state index in [9.17, 15) is 4.79 Å². The van der Waals surface area contributed by atoms with Crippen LogP contribution in [-0.4, -0.2) is 10.9 Å². The summed E-state index contributed by atoms with van der Waals surface area (Å²) in [5.74, 6) is -0.442. The minimum Gasteiger partial charge on any atom is -1.00 e. The topological polar surface area (TPSA) is 56.0 Å². The van der Waals surface area contributed by atoms with Gasteiger partial charge in [0.25, 0.3) is 0 Å². The molecule has 1 aromatic heterocycles. The molecular weight excluding hydrogens is 155 g/mol. The van der Waals surface area contributed by atoms with E-state index in [1.807, 2.05) is 0 Å². The first-order chi connectivity index (χ1) is 4.30. The van der Waals surface area contributed by atoms with Gasteiger partial charge in [-0.05, 0) is 12.1 Å². The van der Waals surface area contributed by atoms with Gasteiger partial charge in [-0.15, -0.1) is 0 Å². The van der Waals surface area contributed by atoms with Crippen LogP contribution >= 0.6 is 0 Å². The van der Waals surface area contributed by atoms with Gasteiger partial charge in [0.15, 0.2) is 0 Å². The number of rotatable bonds is 1. The summed E-state index contributed by atoms with van der Waals surface area (Å²) in [5, 5.41) is 0. The predicted octanol–water partition coefficient (Wildman–Crippen LogP) is -2.70. The second kappa shape index (κ2) is 4.98. The summed E-state index contributed by atoms with van der Waals surface area (Å²) in [6.45, 7) is 0. The summed E-state index contributed by atoms with van der Waals surface area (Å²) in [7, 11) is 0. The van der Waals surface area contributed by atoms with E-state index >= 15 is 0 Å². The first-order valence-electron chi connectivity index (χ1n) is 2.50. The van der Waals surface area contributed by atoms with Crippen molar-refractivity contribution in [2.75, 3.05) is 0 Å². The standard InChI is InChI=1S/C6H6N2O.K.H/c7-6(9)5-2-1-3-8-4-5;;/h1-4H,(H2,7,9);;/q;+1;-1. The van der Waals surface area contributed by atoms with E-state index in [0.717, 1.165) is 0 Å². The molecule has 3 nitrogen and oxygen atoms in total. The van der Waals surface area contributed by atoms with E-state index in [1.165, 1.54) is 6.20 Å². The van der Waals surface area contributed by atoms with Crippen molar-refractivity contribution >= 4 is 5.91 Å². The maximum Gasteiger partial charge on any atom is 1.00 e. The minimum atomic E-state index is -0.442. The Morgan fingerprint density at radius 3 is 2.70 bits per heavy atom. The molecule has 0 saturated carbocycles. The van der Waals surface area contributed by atoms with Crippen LogP contribution in [0.15, 0.2) is 24.5 Å². The summed E-state index contributed by atoms with van der Waals surface area (Å²) in [4.78, 5) is 14.1. The maximum atomic E-state index is 10.4. The molecule has 48 valence electrons. The molecule has 0 aliphatic carbocycles. The number of hydrogen-bond donors (Lipinski definition) is 1. The van der Waals surface area contributed by atoms with Gasteiger partial charge >= 0.3 is 51.4 Å². The molecule has 0 saturated heterocycles. The van der Waals surface area contributed by atoms with Crippen molar-refractivity contribution in [2.45, 2.75) is 0 Å². The molecule has 0 spiro atoms. The molecular formula is C6H7KN2O. The molecule has 0 aromatic carbocycles. The molecule has 0 bridgehead atoms. The Morgan fingerprint density at radius 1 is 1.70 bits per heavy atom. The summed E-state index contributed by atoms with van der Waals surface area (Å²) in [6, 6.07) is 3.29. The Morgan fingerprint density at radius 2 is 2.40 bits per heavy atom. The second-order valence-corrected chi connectivity index (χ2v) is 1.61. The number of amides is 1. The van der Waals surface area contributed by atoms with Gasteiger partial charge in [-0.3, -0.25) is 9.78 Å². The first-order valence-corrected chi connectivity index (χ1v) is 2.50. The van der Waals surface area contributed by atoms with E-state index in [2.05, 4.69) is 4.98 Å². The monoisotopic (exact) mass is 162 g/mol. The molecule has 0 atom stereocenters. The van der Waals surface area contributed by atoms with Gasteiger partial charge < -0.3 is 7.16 Å². The molecule has 1 heterocycles. The fourth-order valence-electron chi connectivity index (χ4n) is 0.509. The smallest absolute Gasteiger partial charge is 1.00 e. The van der Waals surface area contributed by atoms with Crippen molar-refractivity contribution in [3.05, 3.63) is 30.1 Å². The third kappa shape index (κ3) is 2.89. The predicted molar refractivity (Wildman–Crippen MR) is 33.9 cm³/mol. The molecule has 0 aliphatic rings. The van der Waals surface area contributed by atoms with Gasteiger partial charge in [0, 0.05) is 12.4 Å². The van der Waals surface area contributed by atoms with Gasteiger partial charge in [-0.25, -0.2) is 0 Å². The fraction of sp³-hybridized carbons (Fsp3) is 0. The zero-order valence-corrected chi connectivity index (χ0v) is 8.87. The Balaban J connectivity index is 0. The number of nitrogens with zero attached hydrogens (tertiary/aromatic N) is 1. The van der Waals surface area contributed by atoms with E-state index in [0.29, 0.717) is 5.56 Å². The molecule has 10 heavy (non-hydrogen) atoms. The van der Waals surface area contributed by atoms with E-state index < -0.39 is 5.91 Å². The Bertz CT molecular complexity index is 217. The van der Waals surface area contributed by atoms with E-state index in [-0.39, 0.29) is 52.8 Å². The number of nitrogens with two attached hydrogens (primary N) is 1. The Kier molecular flexibility index (Phi) is 5.11. The van der Waals surface area contributed by atoms with Crippen molar-refractivity contribution in [3.8, 4) is 0 Å². The fourth-order valence-corrected chi connectivity index (χ4v) is 0.509. The number of primary amides is 1. The summed E-state index contributed by atoms with van der Waals surface area (Å²) in [6.07, 6.45) is 3.02. The number of hydrogen-bond acceptors (Lipinski definition) is 2. The Hall–Kier alpha value is 0.256. The van der Waals surface area contributed by atoms with Crippen LogP contribution in [0.5, 0.6) is 0 Å². The van der Waals surface area contributed by atoms with Gasteiger partial charge in [0.05, 0.1) is 5.56 Å². The van der Waals surface area contributed by atoms with Gasteiger partial charge in [-0.2, -0.15) is 0 Å². The normalized spacial score (nSPS) is 8.00. The summed E-state index contributed by atoms with van der Waals surface area (Å²) < 4.78 is 0. The first kappa shape index (κ1) is 10.3. The molecule has 1 rings (SSSR count). The minimum absolute atomic E-state index is 0. The molecule has 4 heteroatoms. The van der Waals surface area contributed by atoms with Crippen molar-refractivity contribution < 1.29 is 57.6 Å². The quantitative estimate of drug-likeness (QED) is 0.457. The Labute approximate surface area is 103 Å². The van der Waals surface area contributed by atoms with Crippen molar-refractivity contribution in [1.82, 2.24) is 4.98 Å². The van der Waals surface area contributed by atoms with Gasteiger partial charge in [-0.1, -0.05) is 0 Å². The SMILES string of the molecule is NC(=O)c1cccnc1.[H-].[K+]. The molecule has 0 unspecified atom stereocenters. The van der Waals surface area contributed by atoms with Crippen LogP contribution in [0.1, 0.15) is 11.8 Å². The van der Waals surface area contributed by atoms with Crippen LogP contribution < -0.4 is 57.1 Å². The van der Waals surface area contributed by atoms with Crippen LogP contribution in [0.4, 0.5) is 0 Å². The molecule has 1 amide bonds. The molecule has 0 aliphatic heterocycles. The average Bonchev–Trinajstić information content (AvgIpc) is 1.90. The van der Waals surface area contributed by atoms with Crippen LogP contribution in [-0.2, 0) is 0 Å². The maximum absolute atomic E-state index is 10.4. The van der Waals surface area contributed by atoms with Crippen LogP contribution in [0.3, 0.4) is 0 Å². The number of pyridine rings is 1. The zero-order chi connectivity index (χ0) is 6.69. The molecule has 1 aromatic rings. The van der Waals surface area contributed by atoms with Crippen LogP contribution in [0, 0.1) is 0 Å². The number of aromatic nitrogens is 1. The van der Waals surface area contributed by atoms with E-state index in [4.69, 9.17) is 5.73 Å². The summed E-state index contributed by atoms with van der Waals surface area (Å²) >= 11 is 0. The second-order valence-electron chi connectivity index (χ2n) is 1.61. The summed E-state index contributed by atoms with van der Waals surface area (Å²) in [5.41, 5.74) is 5.38.